The number of nitrogen functional groups attached to an aromatic ring is 1. The Morgan fingerprint density at radius 1 is 1.57 bits per heavy atom. The van der Waals surface area contributed by atoms with Crippen LogP contribution in [0.25, 0.3) is 0 Å². The van der Waals surface area contributed by atoms with Crippen molar-refractivity contribution in [1.29, 1.82) is 0 Å². The van der Waals surface area contributed by atoms with Gasteiger partial charge in [0.05, 0.1) is 6.33 Å². The molecular formula is C8H15N5O. The van der Waals surface area contributed by atoms with E-state index in [9.17, 15) is 4.79 Å². The van der Waals surface area contributed by atoms with Gasteiger partial charge in [0, 0.05) is 12.1 Å². The van der Waals surface area contributed by atoms with Crippen LogP contribution in [0.5, 0.6) is 0 Å². The van der Waals surface area contributed by atoms with Crippen LogP contribution in [0.1, 0.15) is 13.8 Å². The van der Waals surface area contributed by atoms with Crippen molar-refractivity contribution in [2.75, 3.05) is 11.1 Å². The summed E-state index contributed by atoms with van der Waals surface area (Å²) in [6.45, 7) is 3.76. The lowest BCUT2D eigenvalue weighted by molar-refractivity contribution is 0.636. The average molecular weight is 197 g/mol. The Kier molecular flexibility index (Phi) is 3.08. The van der Waals surface area contributed by atoms with Crippen molar-refractivity contribution >= 4 is 11.5 Å². The number of aromatic amines is 1. The summed E-state index contributed by atoms with van der Waals surface area (Å²) in [5.74, 6) is 0.374. The van der Waals surface area contributed by atoms with Gasteiger partial charge in [-0.25, -0.2) is 4.98 Å². The fourth-order valence-electron chi connectivity index (χ4n) is 0.872. The third kappa shape index (κ3) is 2.23. The number of nitrogens with one attached hydrogen (secondary N) is 2. The SMILES string of the molecule is CC(N)C(C)Nc1nc[nH]c(=O)c1N. The Balaban J connectivity index is 2.87. The first-order valence-electron chi connectivity index (χ1n) is 4.37. The molecule has 1 rings (SSSR count). The number of anilines is 2. The first-order chi connectivity index (χ1) is 6.52. The third-order valence-electron chi connectivity index (χ3n) is 2.04. The number of hydrogen-bond donors (Lipinski definition) is 4. The molecule has 0 spiro atoms. The Labute approximate surface area is 81.7 Å². The number of H-pyrrole nitrogens is 1. The van der Waals surface area contributed by atoms with E-state index in [0.29, 0.717) is 5.82 Å². The zero-order valence-corrected chi connectivity index (χ0v) is 8.24. The summed E-state index contributed by atoms with van der Waals surface area (Å²) < 4.78 is 0. The van der Waals surface area contributed by atoms with E-state index in [1.165, 1.54) is 6.33 Å². The maximum absolute atomic E-state index is 11.1. The summed E-state index contributed by atoms with van der Waals surface area (Å²) >= 11 is 0. The Bertz CT molecular complexity index is 359. The van der Waals surface area contributed by atoms with Gasteiger partial charge < -0.3 is 21.8 Å². The van der Waals surface area contributed by atoms with E-state index < -0.39 is 0 Å². The molecule has 0 bridgehead atoms. The summed E-state index contributed by atoms with van der Waals surface area (Å²) in [7, 11) is 0. The molecule has 0 amide bonds. The molecular weight excluding hydrogens is 182 g/mol. The summed E-state index contributed by atoms with van der Waals surface area (Å²) in [6, 6.07) is -0.0397. The molecule has 78 valence electrons. The summed E-state index contributed by atoms with van der Waals surface area (Å²) in [6.07, 6.45) is 1.30. The molecule has 0 aliphatic heterocycles. The van der Waals surface area contributed by atoms with Crippen molar-refractivity contribution in [2.24, 2.45) is 5.73 Å². The standard InChI is InChI=1S/C8H15N5O/c1-4(9)5(2)13-7-6(10)8(14)12-3-11-7/h3-5H,9-10H2,1-2H3,(H2,11,12,13,14). The minimum atomic E-state index is -0.348. The molecule has 1 aromatic heterocycles. The van der Waals surface area contributed by atoms with E-state index in [4.69, 9.17) is 11.5 Å². The van der Waals surface area contributed by atoms with E-state index in [-0.39, 0.29) is 23.3 Å². The second-order valence-electron chi connectivity index (χ2n) is 3.29. The van der Waals surface area contributed by atoms with Gasteiger partial charge >= 0.3 is 0 Å². The van der Waals surface area contributed by atoms with Gasteiger partial charge in [-0.2, -0.15) is 0 Å². The van der Waals surface area contributed by atoms with E-state index in [2.05, 4.69) is 15.3 Å². The first-order valence-corrected chi connectivity index (χ1v) is 4.37. The van der Waals surface area contributed by atoms with Crippen molar-refractivity contribution in [1.82, 2.24) is 9.97 Å². The van der Waals surface area contributed by atoms with Crippen molar-refractivity contribution in [3.63, 3.8) is 0 Å². The fraction of sp³-hybridized carbons (Fsp3) is 0.500. The highest BCUT2D eigenvalue weighted by Gasteiger charge is 2.10. The Morgan fingerprint density at radius 3 is 2.79 bits per heavy atom. The smallest absolute Gasteiger partial charge is 0.276 e. The van der Waals surface area contributed by atoms with Gasteiger partial charge in [0.25, 0.3) is 5.56 Å². The predicted molar refractivity (Wildman–Crippen MR) is 56.0 cm³/mol. The van der Waals surface area contributed by atoms with Crippen LogP contribution >= 0.6 is 0 Å². The van der Waals surface area contributed by atoms with Crippen LogP contribution in [0.2, 0.25) is 0 Å². The zero-order chi connectivity index (χ0) is 10.7. The predicted octanol–water partition coefficient (Wildman–Crippen LogP) is -0.500. The second kappa shape index (κ2) is 4.10. The second-order valence-corrected chi connectivity index (χ2v) is 3.29. The third-order valence-corrected chi connectivity index (χ3v) is 2.04. The maximum atomic E-state index is 11.1. The number of rotatable bonds is 3. The highest BCUT2D eigenvalue weighted by Crippen LogP contribution is 2.09. The largest absolute Gasteiger partial charge is 0.391 e. The van der Waals surface area contributed by atoms with E-state index in [0.717, 1.165) is 0 Å². The minimum Gasteiger partial charge on any atom is -0.391 e. The van der Waals surface area contributed by atoms with Gasteiger partial charge in [0.15, 0.2) is 5.82 Å². The quantitative estimate of drug-likeness (QED) is 0.522. The summed E-state index contributed by atoms with van der Waals surface area (Å²) in [4.78, 5) is 17.4. The molecule has 0 aliphatic rings. The van der Waals surface area contributed by atoms with Crippen LogP contribution in [0.4, 0.5) is 11.5 Å². The van der Waals surface area contributed by atoms with Crippen LogP contribution in [-0.2, 0) is 0 Å². The van der Waals surface area contributed by atoms with Crippen LogP contribution in [0.3, 0.4) is 0 Å². The van der Waals surface area contributed by atoms with E-state index in [1.807, 2.05) is 13.8 Å². The van der Waals surface area contributed by atoms with Crippen LogP contribution < -0.4 is 22.3 Å². The molecule has 2 unspecified atom stereocenters. The molecule has 0 saturated carbocycles. The molecule has 0 fully saturated rings. The van der Waals surface area contributed by atoms with Crippen LogP contribution in [0.15, 0.2) is 11.1 Å². The highest BCUT2D eigenvalue weighted by atomic mass is 16.1. The van der Waals surface area contributed by atoms with Crippen molar-refractivity contribution < 1.29 is 0 Å². The van der Waals surface area contributed by atoms with Gasteiger partial charge in [-0.1, -0.05) is 0 Å². The summed E-state index contributed by atoms with van der Waals surface area (Å²) in [5, 5.41) is 2.97. The lowest BCUT2D eigenvalue weighted by Crippen LogP contribution is -2.36. The number of hydrogen-bond acceptors (Lipinski definition) is 5. The molecule has 1 aromatic rings. The number of nitrogens with two attached hydrogens (primary N) is 2. The van der Waals surface area contributed by atoms with Crippen LogP contribution in [-0.4, -0.2) is 22.1 Å². The maximum Gasteiger partial charge on any atom is 0.276 e. The normalized spacial score (nSPS) is 14.8. The van der Waals surface area contributed by atoms with Crippen molar-refractivity contribution in [3.8, 4) is 0 Å². The Morgan fingerprint density at radius 2 is 2.21 bits per heavy atom. The summed E-state index contributed by atoms with van der Waals surface area (Å²) in [5.41, 5.74) is 10.9. The molecule has 6 N–H and O–H groups in total. The topological polar surface area (TPSA) is 110 Å². The molecule has 0 aliphatic carbocycles. The first kappa shape index (κ1) is 10.5. The van der Waals surface area contributed by atoms with Gasteiger partial charge in [0.2, 0.25) is 0 Å². The Hall–Kier alpha value is -1.56. The lowest BCUT2D eigenvalue weighted by Gasteiger charge is -2.18. The van der Waals surface area contributed by atoms with E-state index in [1.54, 1.807) is 0 Å². The minimum absolute atomic E-state index is 0.00611. The van der Waals surface area contributed by atoms with E-state index >= 15 is 0 Å². The number of aromatic nitrogens is 2. The molecule has 6 nitrogen and oxygen atoms in total. The molecule has 6 heteroatoms. The zero-order valence-electron chi connectivity index (χ0n) is 8.24. The van der Waals surface area contributed by atoms with Crippen molar-refractivity contribution in [2.45, 2.75) is 25.9 Å². The van der Waals surface area contributed by atoms with Crippen molar-refractivity contribution in [3.05, 3.63) is 16.7 Å². The molecule has 14 heavy (non-hydrogen) atoms. The number of nitrogens with zero attached hydrogens (tertiary/aromatic N) is 1. The fourth-order valence-corrected chi connectivity index (χ4v) is 0.872. The molecule has 0 saturated heterocycles. The molecule has 2 atom stereocenters. The average Bonchev–Trinajstić information content (AvgIpc) is 2.12. The lowest BCUT2D eigenvalue weighted by atomic mass is 10.2. The van der Waals surface area contributed by atoms with Gasteiger partial charge in [-0.3, -0.25) is 4.79 Å². The highest BCUT2D eigenvalue weighted by molar-refractivity contribution is 5.59. The molecule has 0 aromatic carbocycles. The van der Waals surface area contributed by atoms with Gasteiger partial charge in [0.1, 0.15) is 5.69 Å². The van der Waals surface area contributed by atoms with Gasteiger partial charge in [-0.05, 0) is 13.8 Å². The van der Waals surface area contributed by atoms with Gasteiger partial charge in [-0.15, -0.1) is 0 Å². The molecule has 0 radical (unpaired) electrons. The van der Waals surface area contributed by atoms with Crippen LogP contribution in [0, 0.1) is 0 Å². The monoisotopic (exact) mass is 197 g/mol. The molecule has 1 heterocycles.